The smallest absolute Gasteiger partial charge is 0.243 e. The van der Waals surface area contributed by atoms with Gasteiger partial charge in [-0.3, -0.25) is 13.9 Å². The molecule has 230 valence electrons. The van der Waals surface area contributed by atoms with Crippen molar-refractivity contribution >= 4 is 27.5 Å². The monoisotopic (exact) mass is 603 g/mol. The van der Waals surface area contributed by atoms with Crippen LogP contribution in [0.25, 0.3) is 0 Å². The van der Waals surface area contributed by atoms with Gasteiger partial charge in [-0.2, -0.15) is 0 Å². The summed E-state index contributed by atoms with van der Waals surface area (Å²) in [5, 5.41) is 3.24. The molecule has 1 atom stereocenters. The Bertz CT molecular complexity index is 1450. The Morgan fingerprint density at radius 1 is 0.907 bits per heavy atom. The van der Waals surface area contributed by atoms with Crippen molar-refractivity contribution in [2.75, 3.05) is 17.1 Å². The molecule has 1 fully saturated rings. The number of aryl methyl sites for hydroxylation is 2. The van der Waals surface area contributed by atoms with E-state index in [0.717, 1.165) is 54.4 Å². The van der Waals surface area contributed by atoms with E-state index in [2.05, 4.69) is 12.2 Å². The van der Waals surface area contributed by atoms with E-state index < -0.39 is 16.1 Å². The van der Waals surface area contributed by atoms with Gasteiger partial charge < -0.3 is 10.2 Å². The van der Waals surface area contributed by atoms with Crippen LogP contribution in [0.4, 0.5) is 5.69 Å². The van der Waals surface area contributed by atoms with E-state index in [4.69, 9.17) is 0 Å². The maximum Gasteiger partial charge on any atom is 0.243 e. The number of anilines is 1. The van der Waals surface area contributed by atoms with Crippen LogP contribution in [0.3, 0.4) is 0 Å². The number of nitrogens with one attached hydrogen (secondary N) is 1. The summed E-state index contributed by atoms with van der Waals surface area (Å²) in [4.78, 5) is 29.6. The first kappa shape index (κ1) is 32.3. The Kier molecular flexibility index (Phi) is 11.4. The third-order valence-electron chi connectivity index (χ3n) is 8.19. The number of sulfonamides is 1. The molecular weight excluding hydrogens is 558 g/mol. The minimum Gasteiger partial charge on any atom is -0.352 e. The molecule has 8 heteroatoms. The van der Waals surface area contributed by atoms with Crippen molar-refractivity contribution in [3.63, 3.8) is 0 Å². The Morgan fingerprint density at radius 3 is 2.21 bits per heavy atom. The van der Waals surface area contributed by atoms with Gasteiger partial charge in [0.1, 0.15) is 6.04 Å². The number of carbonyl (C=O) groups is 2. The predicted octanol–water partition coefficient (Wildman–Crippen LogP) is 5.80. The molecule has 3 aromatic rings. The van der Waals surface area contributed by atoms with Gasteiger partial charge in [0.25, 0.3) is 0 Å². The van der Waals surface area contributed by atoms with Gasteiger partial charge in [-0.25, -0.2) is 8.42 Å². The van der Waals surface area contributed by atoms with E-state index in [1.165, 1.54) is 10.6 Å². The number of hydrogen-bond donors (Lipinski definition) is 1. The van der Waals surface area contributed by atoms with Gasteiger partial charge >= 0.3 is 0 Å². The van der Waals surface area contributed by atoms with Crippen LogP contribution in [0.5, 0.6) is 0 Å². The van der Waals surface area contributed by atoms with Crippen molar-refractivity contribution in [2.24, 2.45) is 0 Å². The van der Waals surface area contributed by atoms with E-state index in [1.807, 2.05) is 85.8 Å². The minimum absolute atomic E-state index is 0.118. The van der Waals surface area contributed by atoms with Crippen LogP contribution in [0.15, 0.2) is 78.9 Å². The molecule has 1 N–H and O–H groups in total. The number of hydrogen-bond acceptors (Lipinski definition) is 4. The largest absolute Gasteiger partial charge is 0.352 e. The maximum atomic E-state index is 14.0. The molecule has 1 aliphatic carbocycles. The third-order valence-corrected chi connectivity index (χ3v) is 9.39. The van der Waals surface area contributed by atoms with Gasteiger partial charge in [-0.05, 0) is 61.4 Å². The zero-order valence-electron chi connectivity index (χ0n) is 25.7. The molecule has 0 aliphatic heterocycles. The van der Waals surface area contributed by atoms with E-state index in [0.29, 0.717) is 25.1 Å². The van der Waals surface area contributed by atoms with Gasteiger partial charge in [0.15, 0.2) is 0 Å². The van der Waals surface area contributed by atoms with E-state index in [-0.39, 0.29) is 30.8 Å². The molecule has 2 amide bonds. The Hall–Kier alpha value is -3.65. The van der Waals surface area contributed by atoms with Crippen LogP contribution in [-0.2, 0) is 39.0 Å². The minimum atomic E-state index is -3.55. The Labute approximate surface area is 257 Å². The van der Waals surface area contributed by atoms with Crippen molar-refractivity contribution in [3.8, 4) is 0 Å². The van der Waals surface area contributed by atoms with Crippen molar-refractivity contribution < 1.29 is 18.0 Å². The number of amides is 2. The number of benzene rings is 3. The van der Waals surface area contributed by atoms with Crippen molar-refractivity contribution in [1.82, 2.24) is 10.2 Å². The number of rotatable bonds is 14. The lowest BCUT2D eigenvalue weighted by Gasteiger charge is -2.33. The quantitative estimate of drug-likeness (QED) is 0.252. The highest BCUT2D eigenvalue weighted by Crippen LogP contribution is 2.23. The second-order valence-electron chi connectivity index (χ2n) is 11.7. The highest BCUT2D eigenvalue weighted by Gasteiger charge is 2.32. The normalized spacial score (nSPS) is 14.3. The summed E-state index contributed by atoms with van der Waals surface area (Å²) in [5.41, 5.74) is 4.72. The Morgan fingerprint density at radius 2 is 1.58 bits per heavy atom. The summed E-state index contributed by atoms with van der Waals surface area (Å²) >= 11 is 0. The molecule has 4 rings (SSSR count). The first-order valence-corrected chi connectivity index (χ1v) is 17.2. The molecule has 43 heavy (non-hydrogen) atoms. The van der Waals surface area contributed by atoms with Gasteiger partial charge in [0.2, 0.25) is 21.8 Å². The lowest BCUT2D eigenvalue weighted by Crippen LogP contribution is -2.52. The molecular formula is C35H45N3O4S. The van der Waals surface area contributed by atoms with Crippen LogP contribution in [0, 0.1) is 6.92 Å². The summed E-state index contributed by atoms with van der Waals surface area (Å²) in [6.45, 7) is 4.53. The lowest BCUT2D eigenvalue weighted by atomic mass is 10.0. The van der Waals surface area contributed by atoms with Crippen LogP contribution in [0.2, 0.25) is 0 Å². The standard InChI is InChI=1S/C35H45N3O4S/c1-4-28-19-21-32(22-20-28)38(43(3,41)42)23-11-18-34(39)37(26-30-15-10-12-27(2)24-30)33(25-29-13-6-5-7-14-29)35(40)36-31-16-8-9-17-31/h5-7,10,12-15,19-22,24,31,33H,4,8-9,11,16-18,23,25-26H2,1-3H3,(H,36,40)/t33-/m1/s1. The Balaban J connectivity index is 1.57. The summed E-state index contributed by atoms with van der Waals surface area (Å²) in [7, 11) is -3.55. The molecule has 0 radical (unpaired) electrons. The first-order chi connectivity index (χ1) is 20.6. The highest BCUT2D eigenvalue weighted by atomic mass is 32.2. The van der Waals surface area contributed by atoms with Crippen LogP contribution in [-0.4, -0.2) is 50.0 Å². The predicted molar refractivity (Wildman–Crippen MR) is 173 cm³/mol. The average molecular weight is 604 g/mol. The molecule has 0 unspecified atom stereocenters. The van der Waals surface area contributed by atoms with Gasteiger partial charge in [0.05, 0.1) is 11.9 Å². The van der Waals surface area contributed by atoms with Gasteiger partial charge in [-0.1, -0.05) is 92.1 Å². The summed E-state index contributed by atoms with van der Waals surface area (Å²) in [5.74, 6) is -0.302. The molecule has 1 saturated carbocycles. The second kappa shape index (κ2) is 15.2. The highest BCUT2D eigenvalue weighted by molar-refractivity contribution is 7.92. The van der Waals surface area contributed by atoms with Crippen molar-refractivity contribution in [2.45, 2.75) is 83.8 Å². The topological polar surface area (TPSA) is 86.8 Å². The van der Waals surface area contributed by atoms with E-state index >= 15 is 0 Å². The fourth-order valence-electron chi connectivity index (χ4n) is 5.83. The second-order valence-corrected chi connectivity index (χ2v) is 13.6. The van der Waals surface area contributed by atoms with Crippen LogP contribution >= 0.6 is 0 Å². The summed E-state index contributed by atoms with van der Waals surface area (Å²) in [6.07, 6.45) is 7.00. The van der Waals surface area contributed by atoms with E-state index in [9.17, 15) is 18.0 Å². The lowest BCUT2D eigenvalue weighted by molar-refractivity contribution is -0.141. The third kappa shape index (κ3) is 9.42. The molecule has 1 aliphatic rings. The molecule has 0 heterocycles. The molecule has 0 bridgehead atoms. The molecule has 3 aromatic carbocycles. The molecule has 7 nitrogen and oxygen atoms in total. The van der Waals surface area contributed by atoms with Crippen molar-refractivity contribution in [1.29, 1.82) is 0 Å². The van der Waals surface area contributed by atoms with Gasteiger partial charge in [0, 0.05) is 32.0 Å². The maximum absolute atomic E-state index is 14.0. The zero-order valence-corrected chi connectivity index (χ0v) is 26.5. The van der Waals surface area contributed by atoms with E-state index in [1.54, 1.807) is 4.90 Å². The van der Waals surface area contributed by atoms with Crippen LogP contribution in [0.1, 0.15) is 67.7 Å². The first-order valence-electron chi connectivity index (χ1n) is 15.4. The van der Waals surface area contributed by atoms with Crippen molar-refractivity contribution in [3.05, 3.63) is 101 Å². The number of nitrogens with zero attached hydrogens (tertiary/aromatic N) is 2. The number of carbonyl (C=O) groups excluding carboxylic acids is 2. The molecule has 0 spiro atoms. The summed E-state index contributed by atoms with van der Waals surface area (Å²) < 4.78 is 26.8. The molecule has 0 aromatic heterocycles. The van der Waals surface area contributed by atoms with Crippen LogP contribution < -0.4 is 9.62 Å². The fourth-order valence-corrected chi connectivity index (χ4v) is 6.80. The van der Waals surface area contributed by atoms with Gasteiger partial charge in [-0.15, -0.1) is 0 Å². The molecule has 0 saturated heterocycles. The average Bonchev–Trinajstić information content (AvgIpc) is 3.50. The zero-order chi connectivity index (χ0) is 30.8. The fraction of sp³-hybridized carbons (Fsp3) is 0.429. The summed E-state index contributed by atoms with van der Waals surface area (Å²) in [6, 6.07) is 24.7. The SMILES string of the molecule is CCc1ccc(N(CCCC(=O)N(Cc2cccc(C)c2)[C@H](Cc2ccccc2)C(=O)NC2CCCC2)S(C)(=O)=O)cc1.